The molecule has 0 heterocycles. The van der Waals surface area contributed by atoms with Gasteiger partial charge in [0.2, 0.25) is 0 Å². The molecule has 0 saturated heterocycles. The summed E-state index contributed by atoms with van der Waals surface area (Å²) in [5, 5.41) is 0. The normalized spacial score (nSPS) is 48.9. The minimum atomic E-state index is 0.680. The van der Waals surface area contributed by atoms with E-state index in [9.17, 15) is 0 Å². The Balaban J connectivity index is 2.12. The molecule has 0 aromatic heterocycles. The SMILES string of the molecule is CC1C=CC(C)C(C=CC2C(C)C=CC(C)C2C)C1C. The molecule has 2 aliphatic rings. The van der Waals surface area contributed by atoms with Crippen LogP contribution in [-0.2, 0) is 0 Å². The van der Waals surface area contributed by atoms with E-state index in [1.54, 1.807) is 0 Å². The highest BCUT2D eigenvalue weighted by atomic mass is 14.3. The molecule has 0 fully saturated rings. The summed E-state index contributed by atoms with van der Waals surface area (Å²) in [7, 11) is 0. The molecular formula is C20H32. The van der Waals surface area contributed by atoms with Crippen molar-refractivity contribution < 1.29 is 0 Å². The number of rotatable bonds is 2. The predicted molar refractivity (Wildman–Crippen MR) is 89.4 cm³/mol. The molecule has 0 spiro atoms. The second-order valence-electron chi connectivity index (χ2n) is 7.46. The Labute approximate surface area is 126 Å². The first kappa shape index (κ1) is 15.6. The lowest BCUT2D eigenvalue weighted by atomic mass is 9.69. The summed E-state index contributed by atoms with van der Waals surface area (Å²) in [5.74, 6) is 5.70. The average molecular weight is 272 g/mol. The topological polar surface area (TPSA) is 0 Å². The highest BCUT2D eigenvalue weighted by Gasteiger charge is 2.30. The van der Waals surface area contributed by atoms with Crippen molar-refractivity contribution in [3.63, 3.8) is 0 Å². The standard InChI is InChI=1S/C20H32/c1-13-7-9-15(3)19(17(13)5)11-12-20-16(4)10-8-14(2)18(20)6/h7-20H,1-6H3. The zero-order valence-corrected chi connectivity index (χ0v) is 14.1. The molecule has 0 bridgehead atoms. The molecule has 0 aliphatic heterocycles. The van der Waals surface area contributed by atoms with Gasteiger partial charge < -0.3 is 0 Å². The summed E-state index contributed by atoms with van der Waals surface area (Å²) in [6, 6.07) is 0. The van der Waals surface area contributed by atoms with Gasteiger partial charge >= 0.3 is 0 Å². The van der Waals surface area contributed by atoms with Crippen LogP contribution in [0.1, 0.15) is 41.5 Å². The summed E-state index contributed by atoms with van der Waals surface area (Å²) in [4.78, 5) is 0. The Morgan fingerprint density at radius 2 is 0.800 bits per heavy atom. The second kappa shape index (κ2) is 6.33. The minimum absolute atomic E-state index is 0.680. The van der Waals surface area contributed by atoms with E-state index in [2.05, 4.69) is 78.0 Å². The van der Waals surface area contributed by atoms with E-state index in [0.717, 1.165) is 11.8 Å². The minimum Gasteiger partial charge on any atom is -0.0851 e. The Bertz CT molecular complexity index is 362. The molecule has 2 rings (SSSR count). The van der Waals surface area contributed by atoms with E-state index in [-0.39, 0.29) is 0 Å². The smallest absolute Gasteiger partial charge is 0.0142 e. The molecular weight excluding hydrogens is 240 g/mol. The Kier molecular flexibility index (Phi) is 4.94. The van der Waals surface area contributed by atoms with Gasteiger partial charge in [-0.2, -0.15) is 0 Å². The van der Waals surface area contributed by atoms with Crippen molar-refractivity contribution in [3.8, 4) is 0 Å². The van der Waals surface area contributed by atoms with Crippen molar-refractivity contribution in [3.05, 3.63) is 36.5 Å². The van der Waals surface area contributed by atoms with Crippen molar-refractivity contribution >= 4 is 0 Å². The van der Waals surface area contributed by atoms with Gasteiger partial charge in [-0.25, -0.2) is 0 Å². The van der Waals surface area contributed by atoms with Gasteiger partial charge in [0, 0.05) is 0 Å². The van der Waals surface area contributed by atoms with Crippen molar-refractivity contribution in [2.45, 2.75) is 41.5 Å². The van der Waals surface area contributed by atoms with Crippen molar-refractivity contribution in [1.29, 1.82) is 0 Å². The lowest BCUT2D eigenvalue weighted by Gasteiger charge is -2.36. The van der Waals surface area contributed by atoms with Crippen LogP contribution in [0.2, 0.25) is 0 Å². The maximum Gasteiger partial charge on any atom is -0.0142 e. The Morgan fingerprint density at radius 1 is 0.500 bits per heavy atom. The van der Waals surface area contributed by atoms with E-state index >= 15 is 0 Å². The third-order valence-electron chi connectivity index (χ3n) is 6.08. The monoisotopic (exact) mass is 272 g/mol. The lowest BCUT2D eigenvalue weighted by molar-refractivity contribution is 0.263. The number of hydrogen-bond acceptors (Lipinski definition) is 0. The summed E-state index contributed by atoms with van der Waals surface area (Å²) >= 11 is 0. The van der Waals surface area contributed by atoms with E-state index in [4.69, 9.17) is 0 Å². The fraction of sp³-hybridized carbons (Fsp3) is 0.700. The van der Waals surface area contributed by atoms with Crippen LogP contribution in [0, 0.1) is 47.3 Å². The third-order valence-corrected chi connectivity index (χ3v) is 6.08. The van der Waals surface area contributed by atoms with Gasteiger partial charge in [0.25, 0.3) is 0 Å². The van der Waals surface area contributed by atoms with Crippen molar-refractivity contribution in [2.75, 3.05) is 0 Å². The van der Waals surface area contributed by atoms with Gasteiger partial charge in [-0.3, -0.25) is 0 Å². The predicted octanol–water partition coefficient (Wildman–Crippen LogP) is 5.73. The van der Waals surface area contributed by atoms with Gasteiger partial charge in [-0.05, 0) is 47.3 Å². The van der Waals surface area contributed by atoms with Crippen LogP contribution in [0.5, 0.6) is 0 Å². The van der Waals surface area contributed by atoms with Crippen LogP contribution >= 0.6 is 0 Å². The zero-order chi connectivity index (χ0) is 14.9. The molecule has 0 aromatic rings. The number of allylic oxidation sites excluding steroid dienone is 6. The van der Waals surface area contributed by atoms with E-state index < -0.39 is 0 Å². The molecule has 8 unspecified atom stereocenters. The fourth-order valence-electron chi connectivity index (χ4n) is 3.92. The molecule has 2 aliphatic carbocycles. The molecule has 0 aromatic carbocycles. The highest BCUT2D eigenvalue weighted by molar-refractivity contribution is 5.12. The van der Waals surface area contributed by atoms with E-state index in [1.807, 2.05) is 0 Å². The first-order chi connectivity index (χ1) is 9.41. The molecule has 0 N–H and O–H groups in total. The largest absolute Gasteiger partial charge is 0.0851 e. The summed E-state index contributed by atoms with van der Waals surface area (Å²) in [5.41, 5.74) is 0. The second-order valence-corrected chi connectivity index (χ2v) is 7.46. The molecule has 0 nitrogen and oxygen atoms in total. The molecule has 0 saturated carbocycles. The number of hydrogen-bond donors (Lipinski definition) is 0. The molecule has 8 atom stereocenters. The van der Waals surface area contributed by atoms with Crippen LogP contribution in [-0.4, -0.2) is 0 Å². The van der Waals surface area contributed by atoms with Crippen LogP contribution in [0.3, 0.4) is 0 Å². The molecule has 112 valence electrons. The maximum absolute atomic E-state index is 2.54. The quantitative estimate of drug-likeness (QED) is 0.563. The Morgan fingerprint density at radius 3 is 1.15 bits per heavy atom. The van der Waals surface area contributed by atoms with Gasteiger partial charge in [0.1, 0.15) is 0 Å². The van der Waals surface area contributed by atoms with Crippen LogP contribution in [0.15, 0.2) is 36.5 Å². The fourth-order valence-corrected chi connectivity index (χ4v) is 3.92. The first-order valence-corrected chi connectivity index (χ1v) is 8.46. The first-order valence-electron chi connectivity index (χ1n) is 8.46. The van der Waals surface area contributed by atoms with Crippen LogP contribution in [0.25, 0.3) is 0 Å². The molecule has 0 radical (unpaired) electrons. The van der Waals surface area contributed by atoms with Gasteiger partial charge in [0.15, 0.2) is 0 Å². The van der Waals surface area contributed by atoms with E-state index in [0.29, 0.717) is 35.5 Å². The lowest BCUT2D eigenvalue weighted by Crippen LogP contribution is -2.28. The summed E-state index contributed by atoms with van der Waals surface area (Å²) < 4.78 is 0. The van der Waals surface area contributed by atoms with Gasteiger partial charge in [-0.1, -0.05) is 78.0 Å². The van der Waals surface area contributed by atoms with Crippen molar-refractivity contribution in [2.24, 2.45) is 47.3 Å². The van der Waals surface area contributed by atoms with Gasteiger partial charge in [0.05, 0.1) is 0 Å². The highest BCUT2D eigenvalue weighted by Crippen LogP contribution is 2.38. The zero-order valence-electron chi connectivity index (χ0n) is 14.1. The van der Waals surface area contributed by atoms with E-state index in [1.165, 1.54) is 0 Å². The van der Waals surface area contributed by atoms with Crippen LogP contribution < -0.4 is 0 Å². The Hall–Kier alpha value is -0.780. The summed E-state index contributed by atoms with van der Waals surface area (Å²) in [6.07, 6.45) is 14.7. The average Bonchev–Trinajstić information content (AvgIpc) is 2.42. The van der Waals surface area contributed by atoms with Gasteiger partial charge in [-0.15, -0.1) is 0 Å². The summed E-state index contributed by atoms with van der Waals surface area (Å²) in [6.45, 7) is 14.3. The molecule has 20 heavy (non-hydrogen) atoms. The molecule has 0 amide bonds. The third kappa shape index (κ3) is 3.10. The van der Waals surface area contributed by atoms with Crippen molar-refractivity contribution in [1.82, 2.24) is 0 Å². The van der Waals surface area contributed by atoms with Crippen LogP contribution in [0.4, 0.5) is 0 Å². The molecule has 0 heteroatoms. The maximum atomic E-state index is 2.54.